The average Bonchev–Trinajstić information content (AvgIpc) is 3.34. The van der Waals surface area contributed by atoms with E-state index in [9.17, 15) is 18.4 Å². The van der Waals surface area contributed by atoms with Crippen molar-refractivity contribution in [3.05, 3.63) is 47.5 Å². The van der Waals surface area contributed by atoms with Crippen LogP contribution < -0.4 is 0 Å². The number of allylic oxidation sites excluding steroid dienone is 1. The van der Waals surface area contributed by atoms with Gasteiger partial charge in [0, 0.05) is 23.8 Å². The van der Waals surface area contributed by atoms with Crippen LogP contribution in [-0.4, -0.2) is 35.1 Å². The molecular weight excluding hydrogens is 365 g/mol. The van der Waals surface area contributed by atoms with Crippen LogP contribution in [0, 0.1) is 17.1 Å². The van der Waals surface area contributed by atoms with Crippen LogP contribution in [0.1, 0.15) is 49.1 Å². The van der Waals surface area contributed by atoms with E-state index in [-0.39, 0.29) is 11.9 Å². The predicted molar refractivity (Wildman–Crippen MR) is 102 cm³/mol. The maximum Gasteiger partial charge on any atom is 0.163 e. The van der Waals surface area contributed by atoms with Gasteiger partial charge >= 0.3 is 0 Å². The van der Waals surface area contributed by atoms with E-state index in [1.807, 2.05) is 4.57 Å². The minimum atomic E-state index is -0.989. The molecule has 0 saturated heterocycles. The highest BCUT2D eigenvalue weighted by Crippen LogP contribution is 2.42. The van der Waals surface area contributed by atoms with Crippen molar-refractivity contribution in [2.75, 3.05) is 13.3 Å². The molecule has 146 valence electrons. The van der Waals surface area contributed by atoms with Crippen molar-refractivity contribution in [2.45, 2.75) is 43.9 Å². The molecule has 1 atom stereocenters. The number of nitrogens with zero attached hydrogens (tertiary/aromatic N) is 4. The first-order valence-electron chi connectivity index (χ1n) is 9.52. The zero-order valence-electron chi connectivity index (χ0n) is 15.4. The zero-order valence-corrected chi connectivity index (χ0v) is 15.4. The molecule has 2 aliphatic rings. The van der Waals surface area contributed by atoms with Crippen LogP contribution in [0.2, 0.25) is 0 Å². The van der Waals surface area contributed by atoms with Crippen molar-refractivity contribution in [1.29, 1.82) is 5.26 Å². The largest absolute Gasteiger partial charge is 0.343 e. The Morgan fingerprint density at radius 2 is 1.96 bits per heavy atom. The van der Waals surface area contributed by atoms with Gasteiger partial charge in [0.25, 0.3) is 0 Å². The first-order valence-corrected chi connectivity index (χ1v) is 9.52. The first kappa shape index (κ1) is 18.6. The van der Waals surface area contributed by atoms with Gasteiger partial charge in [0.15, 0.2) is 6.17 Å². The van der Waals surface area contributed by atoms with Crippen molar-refractivity contribution in [2.24, 2.45) is 4.99 Å². The molecule has 28 heavy (non-hydrogen) atoms. The Morgan fingerprint density at radius 1 is 1.21 bits per heavy atom. The van der Waals surface area contributed by atoms with Crippen molar-refractivity contribution in [3.8, 4) is 6.07 Å². The number of halogens is 3. The number of aliphatic imine (C=N–C) groups is 1. The Bertz CT molecular complexity index is 962. The summed E-state index contributed by atoms with van der Waals surface area (Å²) in [7, 11) is 0. The molecule has 2 aromatic rings. The third kappa shape index (κ3) is 2.97. The van der Waals surface area contributed by atoms with Gasteiger partial charge in [-0.05, 0) is 37.1 Å². The maximum absolute atomic E-state index is 14.1. The highest BCUT2D eigenvalue weighted by molar-refractivity contribution is 5.89. The van der Waals surface area contributed by atoms with Gasteiger partial charge < -0.3 is 9.47 Å². The smallest absolute Gasteiger partial charge is 0.163 e. The number of hydrogen-bond acceptors (Lipinski definition) is 3. The number of nitriles is 1. The summed E-state index contributed by atoms with van der Waals surface area (Å²) >= 11 is 0. The van der Waals surface area contributed by atoms with Gasteiger partial charge in [0.05, 0.1) is 22.8 Å². The summed E-state index contributed by atoms with van der Waals surface area (Å²) in [4.78, 5) is 6.00. The summed E-state index contributed by atoms with van der Waals surface area (Å²) in [6.07, 6.45) is 8.02. The number of alkyl halides is 2. The molecule has 1 aliphatic carbocycles. The van der Waals surface area contributed by atoms with Gasteiger partial charge in [0.2, 0.25) is 0 Å². The van der Waals surface area contributed by atoms with Crippen LogP contribution in [0.4, 0.5) is 13.2 Å². The van der Waals surface area contributed by atoms with Crippen molar-refractivity contribution in [1.82, 2.24) is 9.47 Å². The highest BCUT2D eigenvalue weighted by atomic mass is 19.1. The SMILES string of the molecule is N#Cc1c(C2N=CC=CN2C(CF)CF)n(C2CCCC2)c2cc(F)ccc12. The lowest BCUT2D eigenvalue weighted by molar-refractivity contribution is 0.142. The lowest BCUT2D eigenvalue weighted by atomic mass is 10.1. The molecule has 0 radical (unpaired) electrons. The molecular formula is C21H21F3N4. The fourth-order valence-corrected chi connectivity index (χ4v) is 4.39. The van der Waals surface area contributed by atoms with E-state index in [0.717, 1.165) is 25.7 Å². The molecule has 1 aromatic heterocycles. The number of rotatable bonds is 5. The number of aromatic nitrogens is 1. The predicted octanol–water partition coefficient (Wildman–Crippen LogP) is 4.97. The molecule has 1 unspecified atom stereocenters. The van der Waals surface area contributed by atoms with Gasteiger partial charge in [0.1, 0.15) is 25.2 Å². The van der Waals surface area contributed by atoms with Crippen molar-refractivity contribution >= 4 is 17.1 Å². The van der Waals surface area contributed by atoms with Crippen LogP contribution in [0.3, 0.4) is 0 Å². The van der Waals surface area contributed by atoms with E-state index in [4.69, 9.17) is 0 Å². The summed E-state index contributed by atoms with van der Waals surface area (Å²) < 4.78 is 43.0. The third-order valence-electron chi connectivity index (χ3n) is 5.68. The van der Waals surface area contributed by atoms with Crippen LogP contribution in [0.5, 0.6) is 0 Å². The Balaban J connectivity index is 1.97. The number of hydrogen-bond donors (Lipinski definition) is 0. The van der Waals surface area contributed by atoms with Crippen molar-refractivity contribution in [3.63, 3.8) is 0 Å². The highest BCUT2D eigenvalue weighted by Gasteiger charge is 2.34. The standard InChI is InChI=1S/C21H21F3N4/c22-11-16(12-23)27-9-3-8-26-21(27)20-18(13-25)17-7-6-14(24)10-19(17)28(20)15-4-1-2-5-15/h3,6-10,15-16,21H,1-2,4-5,11-12H2. The molecule has 1 aromatic carbocycles. The van der Waals surface area contributed by atoms with E-state index in [1.54, 1.807) is 24.6 Å². The second-order valence-corrected chi connectivity index (χ2v) is 7.26. The molecule has 0 spiro atoms. The lowest BCUT2D eigenvalue weighted by Gasteiger charge is -2.35. The molecule has 1 aliphatic heterocycles. The van der Waals surface area contributed by atoms with Gasteiger partial charge in [-0.3, -0.25) is 4.99 Å². The van der Waals surface area contributed by atoms with E-state index in [1.165, 1.54) is 17.0 Å². The number of fused-ring (bicyclic) bond motifs is 1. The zero-order chi connectivity index (χ0) is 19.7. The molecule has 0 N–H and O–H groups in total. The molecule has 1 fully saturated rings. The summed E-state index contributed by atoms with van der Waals surface area (Å²) in [5.41, 5.74) is 1.61. The van der Waals surface area contributed by atoms with Gasteiger partial charge in [-0.15, -0.1) is 0 Å². The Hall–Kier alpha value is -2.75. The molecule has 7 heteroatoms. The van der Waals surface area contributed by atoms with Crippen LogP contribution in [0.15, 0.2) is 35.5 Å². The van der Waals surface area contributed by atoms with Gasteiger partial charge in [-0.2, -0.15) is 5.26 Å². The van der Waals surface area contributed by atoms with E-state index in [0.29, 0.717) is 22.2 Å². The number of benzene rings is 1. The summed E-state index contributed by atoms with van der Waals surface area (Å²) in [5, 5.41) is 10.6. The summed E-state index contributed by atoms with van der Waals surface area (Å²) in [5.74, 6) is -0.380. The maximum atomic E-state index is 14.1. The molecule has 4 rings (SSSR count). The first-order chi connectivity index (χ1) is 13.7. The van der Waals surface area contributed by atoms with Gasteiger partial charge in [-0.1, -0.05) is 12.8 Å². The quantitative estimate of drug-likeness (QED) is 0.728. The molecule has 2 heterocycles. The van der Waals surface area contributed by atoms with Crippen molar-refractivity contribution < 1.29 is 13.2 Å². The van der Waals surface area contributed by atoms with Gasteiger partial charge in [-0.25, -0.2) is 13.2 Å². The Labute approximate surface area is 161 Å². The van der Waals surface area contributed by atoms with Crippen LogP contribution in [-0.2, 0) is 0 Å². The second-order valence-electron chi connectivity index (χ2n) is 7.26. The molecule has 0 amide bonds. The minimum absolute atomic E-state index is 0.110. The second kappa shape index (κ2) is 7.70. The van der Waals surface area contributed by atoms with Crippen LogP contribution in [0.25, 0.3) is 10.9 Å². The van der Waals surface area contributed by atoms with E-state index >= 15 is 0 Å². The average molecular weight is 386 g/mol. The van der Waals surface area contributed by atoms with Crippen LogP contribution >= 0.6 is 0 Å². The minimum Gasteiger partial charge on any atom is -0.343 e. The van der Waals surface area contributed by atoms with E-state index < -0.39 is 25.6 Å². The molecule has 1 saturated carbocycles. The Kier molecular flexibility index (Phi) is 5.12. The van der Waals surface area contributed by atoms with E-state index in [2.05, 4.69) is 11.1 Å². The molecule has 0 bridgehead atoms. The fraction of sp³-hybridized carbons (Fsp3) is 0.429. The summed E-state index contributed by atoms with van der Waals surface area (Å²) in [6, 6.07) is 5.73. The monoisotopic (exact) mass is 386 g/mol. The topological polar surface area (TPSA) is 44.3 Å². The Morgan fingerprint density at radius 3 is 2.64 bits per heavy atom. The third-order valence-corrected chi connectivity index (χ3v) is 5.68. The normalized spacial score (nSPS) is 19.8. The summed E-state index contributed by atoms with van der Waals surface area (Å²) in [6.45, 7) is -1.74. The fourth-order valence-electron chi connectivity index (χ4n) is 4.39. The molecule has 4 nitrogen and oxygen atoms in total. The lowest BCUT2D eigenvalue weighted by Crippen LogP contribution is -2.39.